The lowest BCUT2D eigenvalue weighted by Crippen LogP contribution is -2.23. The summed E-state index contributed by atoms with van der Waals surface area (Å²) < 4.78 is 5.03. The number of hydrogen-bond donors (Lipinski definition) is 0. The van der Waals surface area contributed by atoms with Crippen molar-refractivity contribution in [1.29, 1.82) is 0 Å². The van der Waals surface area contributed by atoms with Gasteiger partial charge in [-0.1, -0.05) is 36.5 Å². The predicted octanol–water partition coefficient (Wildman–Crippen LogP) is 2.09. The first kappa shape index (κ1) is 9.25. The molecule has 0 aliphatic heterocycles. The van der Waals surface area contributed by atoms with Gasteiger partial charge in [-0.2, -0.15) is 0 Å². The minimum Gasteiger partial charge on any atom is -0.466 e. The van der Waals surface area contributed by atoms with Crippen molar-refractivity contribution in [3.63, 3.8) is 0 Å². The van der Waals surface area contributed by atoms with E-state index in [1.807, 2.05) is 25.2 Å². The first-order chi connectivity index (χ1) is 6.83. The van der Waals surface area contributed by atoms with Crippen LogP contribution in [0, 0.1) is 17.8 Å². The summed E-state index contributed by atoms with van der Waals surface area (Å²) in [6.07, 6.45) is 12.3. The van der Waals surface area contributed by atoms with Gasteiger partial charge in [-0.15, -0.1) is 0 Å². The van der Waals surface area contributed by atoms with Crippen molar-refractivity contribution in [1.82, 2.24) is 0 Å². The fraction of sp³-hybridized carbons (Fsp3) is 0.417. The van der Waals surface area contributed by atoms with E-state index < -0.39 is 0 Å². The van der Waals surface area contributed by atoms with Gasteiger partial charge in [0.1, 0.15) is 0 Å². The van der Waals surface area contributed by atoms with Gasteiger partial charge in [0.25, 0.3) is 0 Å². The Kier molecular flexibility index (Phi) is 2.53. The molecule has 2 nitrogen and oxygen atoms in total. The lowest BCUT2D eigenvalue weighted by molar-refractivity contribution is -0.147. The number of allylic oxidation sites excluding steroid dienone is 5. The third-order valence-corrected chi connectivity index (χ3v) is 2.74. The Bertz CT molecular complexity index is 312. The van der Waals surface area contributed by atoms with Gasteiger partial charge in [0.2, 0.25) is 0 Å². The zero-order valence-corrected chi connectivity index (χ0v) is 8.22. The summed E-state index contributed by atoms with van der Waals surface area (Å²) in [7, 11) is 0. The lowest BCUT2D eigenvalue weighted by atomic mass is 9.85. The van der Waals surface area contributed by atoms with Crippen LogP contribution in [-0.2, 0) is 9.53 Å². The van der Waals surface area contributed by atoms with Crippen LogP contribution >= 0.6 is 0 Å². The van der Waals surface area contributed by atoms with Gasteiger partial charge in [0.15, 0.2) is 0 Å². The molecule has 0 heterocycles. The van der Waals surface area contributed by atoms with Crippen LogP contribution in [0.2, 0.25) is 0 Å². The van der Waals surface area contributed by atoms with E-state index in [1.54, 1.807) is 0 Å². The molecule has 0 bridgehead atoms. The highest BCUT2D eigenvalue weighted by atomic mass is 16.5. The van der Waals surface area contributed by atoms with Gasteiger partial charge < -0.3 is 4.74 Å². The van der Waals surface area contributed by atoms with Gasteiger partial charge in [0.05, 0.1) is 12.5 Å². The van der Waals surface area contributed by atoms with Crippen molar-refractivity contribution in [3.05, 3.63) is 36.5 Å². The summed E-state index contributed by atoms with van der Waals surface area (Å²) in [5.41, 5.74) is 0. The molecule has 2 heteroatoms. The van der Waals surface area contributed by atoms with E-state index in [4.69, 9.17) is 4.74 Å². The van der Waals surface area contributed by atoms with E-state index in [2.05, 4.69) is 18.2 Å². The largest absolute Gasteiger partial charge is 0.466 e. The summed E-state index contributed by atoms with van der Waals surface area (Å²) in [5.74, 6) is 0.478. The number of rotatable bonds is 2. The van der Waals surface area contributed by atoms with Crippen LogP contribution in [-0.4, -0.2) is 12.6 Å². The molecule has 14 heavy (non-hydrogen) atoms. The minimum atomic E-state index is -0.101. The van der Waals surface area contributed by atoms with Gasteiger partial charge in [-0.25, -0.2) is 0 Å². The van der Waals surface area contributed by atoms with E-state index in [1.165, 1.54) is 0 Å². The third-order valence-electron chi connectivity index (χ3n) is 2.74. The molecule has 0 amide bonds. The average Bonchev–Trinajstić information content (AvgIpc) is 2.61. The molecule has 2 rings (SSSR count). The average molecular weight is 190 g/mol. The minimum absolute atomic E-state index is 0.0823. The number of esters is 1. The van der Waals surface area contributed by atoms with Crippen molar-refractivity contribution in [2.24, 2.45) is 17.8 Å². The Morgan fingerprint density at radius 1 is 1.21 bits per heavy atom. The van der Waals surface area contributed by atoms with Crippen LogP contribution in [0.4, 0.5) is 0 Å². The maximum Gasteiger partial charge on any atom is 0.313 e. The van der Waals surface area contributed by atoms with Crippen LogP contribution < -0.4 is 0 Å². The number of fused-ring (bicyclic) bond motifs is 1. The Morgan fingerprint density at radius 2 is 2.00 bits per heavy atom. The molecule has 0 aromatic carbocycles. The quantitative estimate of drug-likeness (QED) is 0.492. The van der Waals surface area contributed by atoms with Crippen molar-refractivity contribution < 1.29 is 9.53 Å². The van der Waals surface area contributed by atoms with Gasteiger partial charge in [0, 0.05) is 11.8 Å². The molecule has 0 unspecified atom stereocenters. The first-order valence-corrected chi connectivity index (χ1v) is 5.03. The molecular formula is C12H14O2. The monoisotopic (exact) mass is 190 g/mol. The second-order valence-corrected chi connectivity index (χ2v) is 3.59. The summed E-state index contributed by atoms with van der Waals surface area (Å²) in [6, 6.07) is 0. The predicted molar refractivity (Wildman–Crippen MR) is 54.5 cm³/mol. The number of carbonyl (C=O) groups is 1. The second kappa shape index (κ2) is 3.82. The summed E-state index contributed by atoms with van der Waals surface area (Å²) in [4.78, 5) is 11.6. The van der Waals surface area contributed by atoms with E-state index in [-0.39, 0.29) is 17.8 Å². The summed E-state index contributed by atoms with van der Waals surface area (Å²) >= 11 is 0. The first-order valence-electron chi connectivity index (χ1n) is 5.03. The second-order valence-electron chi connectivity index (χ2n) is 3.59. The molecule has 3 atom stereocenters. The lowest BCUT2D eigenvalue weighted by Gasteiger charge is -2.20. The highest BCUT2D eigenvalue weighted by Crippen LogP contribution is 2.35. The van der Waals surface area contributed by atoms with Crippen molar-refractivity contribution >= 4 is 5.97 Å². The summed E-state index contributed by atoms with van der Waals surface area (Å²) in [5, 5.41) is 0. The molecule has 2 aliphatic carbocycles. The Hall–Kier alpha value is -1.31. The fourth-order valence-corrected chi connectivity index (χ4v) is 2.04. The molecule has 0 fully saturated rings. The molecule has 0 aromatic rings. The number of ether oxygens (including phenoxy) is 1. The maximum absolute atomic E-state index is 11.6. The van der Waals surface area contributed by atoms with Crippen LogP contribution in [0.1, 0.15) is 6.92 Å². The molecule has 0 spiro atoms. The molecule has 0 N–H and O–H groups in total. The van der Waals surface area contributed by atoms with Crippen LogP contribution in [0.3, 0.4) is 0 Å². The molecule has 0 radical (unpaired) electrons. The van der Waals surface area contributed by atoms with Crippen molar-refractivity contribution in [2.45, 2.75) is 6.92 Å². The SMILES string of the molecule is CCOC(=O)[C@@H]1C=C[C@H]2C=CC=C[C@H]21. The molecule has 0 saturated carbocycles. The van der Waals surface area contributed by atoms with Crippen LogP contribution in [0.5, 0.6) is 0 Å². The Balaban J connectivity index is 2.09. The normalized spacial score (nSPS) is 33.1. The number of hydrogen-bond acceptors (Lipinski definition) is 2. The highest BCUT2D eigenvalue weighted by molar-refractivity contribution is 5.76. The Morgan fingerprint density at radius 3 is 2.79 bits per heavy atom. The number of carbonyl (C=O) groups excluding carboxylic acids is 1. The molecule has 0 saturated heterocycles. The van der Waals surface area contributed by atoms with E-state index in [9.17, 15) is 4.79 Å². The molecule has 2 aliphatic rings. The highest BCUT2D eigenvalue weighted by Gasteiger charge is 2.34. The van der Waals surface area contributed by atoms with E-state index in [0.29, 0.717) is 12.5 Å². The maximum atomic E-state index is 11.6. The van der Waals surface area contributed by atoms with Crippen molar-refractivity contribution in [2.75, 3.05) is 6.61 Å². The van der Waals surface area contributed by atoms with Gasteiger partial charge in [-0.05, 0) is 6.92 Å². The zero-order chi connectivity index (χ0) is 9.97. The van der Waals surface area contributed by atoms with Crippen LogP contribution in [0.25, 0.3) is 0 Å². The Labute approximate surface area is 83.9 Å². The molecule has 74 valence electrons. The standard InChI is InChI=1S/C12H14O2/c1-2-14-12(13)11-8-7-9-5-3-4-6-10(9)11/h3-11H,2H2,1H3/t9-,10-,11-/m1/s1. The topological polar surface area (TPSA) is 26.3 Å². The van der Waals surface area contributed by atoms with Crippen LogP contribution in [0.15, 0.2) is 36.5 Å². The summed E-state index contributed by atoms with van der Waals surface area (Å²) in [6.45, 7) is 2.30. The van der Waals surface area contributed by atoms with Crippen molar-refractivity contribution in [3.8, 4) is 0 Å². The van der Waals surface area contributed by atoms with Gasteiger partial charge in [-0.3, -0.25) is 4.79 Å². The van der Waals surface area contributed by atoms with E-state index >= 15 is 0 Å². The smallest absolute Gasteiger partial charge is 0.313 e. The molecular weight excluding hydrogens is 176 g/mol. The van der Waals surface area contributed by atoms with E-state index in [0.717, 1.165) is 0 Å². The molecule has 0 aromatic heterocycles. The van der Waals surface area contributed by atoms with Gasteiger partial charge >= 0.3 is 5.97 Å². The zero-order valence-electron chi connectivity index (χ0n) is 8.22. The fourth-order valence-electron chi connectivity index (χ4n) is 2.04. The third kappa shape index (κ3) is 1.52.